The average molecular weight is 510 g/mol. The largest absolute Gasteiger partial charge is 0.388 e. The normalized spacial score (nSPS) is 13.3. The van der Waals surface area contributed by atoms with Crippen LogP contribution in [0.5, 0.6) is 0 Å². The molecular formula is C27H33F2N7O. The van der Waals surface area contributed by atoms with Gasteiger partial charge in [-0.05, 0) is 57.5 Å². The number of fused-ring (bicyclic) bond motifs is 1. The maximum absolute atomic E-state index is 14.9. The van der Waals surface area contributed by atoms with Crippen molar-refractivity contribution >= 4 is 22.8 Å². The van der Waals surface area contributed by atoms with Crippen molar-refractivity contribution in [2.45, 2.75) is 53.2 Å². The second-order valence-corrected chi connectivity index (χ2v) is 9.36. The van der Waals surface area contributed by atoms with Crippen LogP contribution in [0.15, 0.2) is 36.7 Å². The van der Waals surface area contributed by atoms with Gasteiger partial charge < -0.3 is 20.3 Å². The van der Waals surface area contributed by atoms with Crippen LogP contribution in [0.25, 0.3) is 22.3 Å². The Kier molecular flexibility index (Phi) is 8.09. The smallest absolute Gasteiger partial charge is 0.229 e. The number of nitrogens with zero attached hydrogens (tertiary/aromatic N) is 5. The number of pyridine rings is 1. The van der Waals surface area contributed by atoms with E-state index in [0.29, 0.717) is 29.3 Å². The van der Waals surface area contributed by atoms with E-state index in [9.17, 15) is 13.9 Å². The summed E-state index contributed by atoms with van der Waals surface area (Å²) in [7, 11) is 0. The number of halogens is 2. The first kappa shape index (κ1) is 26.6. The predicted molar refractivity (Wildman–Crippen MR) is 141 cm³/mol. The van der Waals surface area contributed by atoms with Crippen LogP contribution in [0.4, 0.5) is 20.5 Å². The third-order valence-electron chi connectivity index (χ3n) is 6.45. The number of anilines is 2. The van der Waals surface area contributed by atoms with E-state index in [1.165, 1.54) is 6.07 Å². The summed E-state index contributed by atoms with van der Waals surface area (Å²) in [6, 6.07) is 6.48. The summed E-state index contributed by atoms with van der Waals surface area (Å²) in [4.78, 5) is 17.0. The molecule has 3 N–H and O–H groups in total. The van der Waals surface area contributed by atoms with Gasteiger partial charge in [0.25, 0.3) is 0 Å². The molecule has 0 radical (unpaired) electrons. The minimum atomic E-state index is -0.672. The Morgan fingerprint density at radius 1 is 1.03 bits per heavy atom. The quantitative estimate of drug-likeness (QED) is 0.261. The lowest BCUT2D eigenvalue weighted by molar-refractivity contribution is 0.105. The van der Waals surface area contributed by atoms with Crippen LogP contribution >= 0.6 is 0 Å². The predicted octanol–water partition coefficient (Wildman–Crippen LogP) is 5.47. The summed E-state index contributed by atoms with van der Waals surface area (Å²) in [5.74, 6) is 0.0792. The molecule has 0 saturated heterocycles. The van der Waals surface area contributed by atoms with Crippen molar-refractivity contribution in [3.63, 3.8) is 0 Å². The van der Waals surface area contributed by atoms with Gasteiger partial charge in [-0.25, -0.2) is 28.7 Å². The van der Waals surface area contributed by atoms with E-state index in [4.69, 9.17) is 0 Å². The molecule has 0 aliphatic rings. The Morgan fingerprint density at radius 3 is 2.46 bits per heavy atom. The van der Waals surface area contributed by atoms with Gasteiger partial charge in [0.1, 0.15) is 22.9 Å². The fourth-order valence-electron chi connectivity index (χ4n) is 4.54. The van der Waals surface area contributed by atoms with Crippen molar-refractivity contribution in [1.82, 2.24) is 29.8 Å². The van der Waals surface area contributed by atoms with Crippen molar-refractivity contribution in [2.24, 2.45) is 5.92 Å². The molecule has 0 fully saturated rings. The van der Waals surface area contributed by atoms with Gasteiger partial charge in [-0.1, -0.05) is 19.9 Å². The number of aromatic nitrogens is 5. The molecule has 196 valence electrons. The number of nitrogens with one attached hydrogen (secondary N) is 2. The fraction of sp³-hybridized carbons (Fsp3) is 0.407. The van der Waals surface area contributed by atoms with Gasteiger partial charge in [0.05, 0.1) is 17.8 Å². The number of benzene rings is 1. The molecule has 10 heteroatoms. The van der Waals surface area contributed by atoms with E-state index in [-0.39, 0.29) is 34.7 Å². The number of hydrogen-bond donors (Lipinski definition) is 3. The molecule has 0 aliphatic carbocycles. The second-order valence-electron chi connectivity index (χ2n) is 9.36. The minimum Gasteiger partial charge on any atom is -0.388 e. The highest BCUT2D eigenvalue weighted by Gasteiger charge is 2.20. The Bertz CT molecular complexity index is 1370. The molecule has 37 heavy (non-hydrogen) atoms. The lowest BCUT2D eigenvalue weighted by Gasteiger charge is -2.22. The summed E-state index contributed by atoms with van der Waals surface area (Å²) in [6.07, 6.45) is 2.82. The number of aliphatic hydroxyl groups excluding tert-OH is 1. The molecule has 4 rings (SSSR count). The molecule has 0 amide bonds. The molecule has 2 unspecified atom stereocenters. The Balaban J connectivity index is 1.60. The van der Waals surface area contributed by atoms with Crippen LogP contribution in [0.1, 0.15) is 57.6 Å². The van der Waals surface area contributed by atoms with Crippen LogP contribution < -0.4 is 10.6 Å². The molecule has 8 nitrogen and oxygen atoms in total. The van der Waals surface area contributed by atoms with Gasteiger partial charge in [0, 0.05) is 30.3 Å². The van der Waals surface area contributed by atoms with Gasteiger partial charge in [-0.3, -0.25) is 0 Å². The first-order valence-electron chi connectivity index (χ1n) is 12.6. The zero-order valence-electron chi connectivity index (χ0n) is 21.8. The van der Waals surface area contributed by atoms with Crippen molar-refractivity contribution in [2.75, 3.05) is 18.4 Å². The van der Waals surface area contributed by atoms with Crippen LogP contribution in [-0.2, 0) is 0 Å². The highest BCUT2D eigenvalue weighted by molar-refractivity contribution is 5.83. The lowest BCUT2D eigenvalue weighted by atomic mass is 9.94. The van der Waals surface area contributed by atoms with Crippen LogP contribution in [0.2, 0.25) is 0 Å². The third kappa shape index (κ3) is 5.60. The number of imidazole rings is 1. The van der Waals surface area contributed by atoms with Crippen molar-refractivity contribution in [3.8, 4) is 11.3 Å². The molecule has 4 aromatic rings. The summed E-state index contributed by atoms with van der Waals surface area (Å²) >= 11 is 0. The Morgan fingerprint density at radius 2 is 1.81 bits per heavy atom. The monoisotopic (exact) mass is 509 g/mol. The first-order valence-corrected chi connectivity index (χ1v) is 12.6. The SMILES string of the molecule is CCNCC(CC)C(O)c1ccc(Nc2ncc(F)c(-c3cc(F)c4nc(C)n(C(C)C)c4c3)n2)nc1. The maximum atomic E-state index is 14.9. The minimum absolute atomic E-state index is 0.0336. The molecule has 2 atom stereocenters. The van der Waals surface area contributed by atoms with Crippen LogP contribution in [-0.4, -0.2) is 42.7 Å². The van der Waals surface area contributed by atoms with Crippen LogP contribution in [0, 0.1) is 24.5 Å². The maximum Gasteiger partial charge on any atom is 0.229 e. The van der Waals surface area contributed by atoms with Crippen molar-refractivity contribution in [3.05, 3.63) is 59.7 Å². The van der Waals surface area contributed by atoms with E-state index in [0.717, 1.165) is 19.2 Å². The molecule has 0 aliphatic heterocycles. The molecule has 3 heterocycles. The van der Waals surface area contributed by atoms with Crippen molar-refractivity contribution < 1.29 is 13.9 Å². The topological polar surface area (TPSA) is 101 Å². The molecule has 3 aromatic heterocycles. The number of aryl methyl sites for hydroxylation is 1. The number of hydrogen-bond acceptors (Lipinski definition) is 7. The second kappa shape index (κ2) is 11.3. The van der Waals surface area contributed by atoms with E-state index < -0.39 is 17.7 Å². The van der Waals surface area contributed by atoms with Gasteiger partial charge in [0.15, 0.2) is 11.6 Å². The molecular weight excluding hydrogens is 476 g/mol. The summed E-state index contributed by atoms with van der Waals surface area (Å²) in [5, 5.41) is 17.0. The Labute approximate surface area is 215 Å². The van der Waals surface area contributed by atoms with Crippen LogP contribution in [0.3, 0.4) is 0 Å². The molecule has 0 spiro atoms. The molecule has 0 bridgehead atoms. The van der Waals surface area contributed by atoms with E-state index in [1.807, 2.05) is 39.2 Å². The third-order valence-corrected chi connectivity index (χ3v) is 6.45. The van der Waals surface area contributed by atoms with Gasteiger partial charge in [-0.2, -0.15) is 0 Å². The number of aliphatic hydroxyl groups is 1. The van der Waals surface area contributed by atoms with E-state index in [1.54, 1.807) is 24.4 Å². The Hall–Kier alpha value is -3.50. The van der Waals surface area contributed by atoms with E-state index >= 15 is 0 Å². The molecule has 0 saturated carbocycles. The van der Waals surface area contributed by atoms with Gasteiger partial charge in [0.2, 0.25) is 5.95 Å². The summed E-state index contributed by atoms with van der Waals surface area (Å²) in [6.45, 7) is 11.4. The zero-order chi connectivity index (χ0) is 26.7. The van der Waals surface area contributed by atoms with E-state index in [2.05, 4.69) is 30.6 Å². The standard InChI is InChI=1S/C27H33F2N7O/c1-6-17(12-30-7-2)26(37)18-8-9-23(31-13-18)34-27-32-14-21(29)24(35-27)19-10-20(28)25-22(11-19)36(15(3)4)16(5)33-25/h8-11,13-15,17,26,30,37H,6-7,12H2,1-5H3,(H,31,32,34,35). The summed E-state index contributed by atoms with van der Waals surface area (Å²) in [5.41, 5.74) is 1.77. The van der Waals surface area contributed by atoms with Crippen molar-refractivity contribution in [1.29, 1.82) is 0 Å². The zero-order valence-corrected chi connectivity index (χ0v) is 21.8. The van der Waals surface area contributed by atoms with Gasteiger partial charge >= 0.3 is 0 Å². The highest BCUT2D eigenvalue weighted by atomic mass is 19.1. The fourth-order valence-corrected chi connectivity index (χ4v) is 4.54. The summed E-state index contributed by atoms with van der Waals surface area (Å²) < 4.78 is 31.6. The number of rotatable bonds is 10. The first-order chi connectivity index (χ1) is 17.7. The van der Waals surface area contributed by atoms with Gasteiger partial charge in [-0.15, -0.1) is 0 Å². The average Bonchev–Trinajstić information content (AvgIpc) is 3.22. The molecule has 1 aromatic carbocycles. The lowest BCUT2D eigenvalue weighted by Crippen LogP contribution is -2.26. The highest BCUT2D eigenvalue weighted by Crippen LogP contribution is 2.31.